The number of aryl methyl sites for hydroxylation is 1. The summed E-state index contributed by atoms with van der Waals surface area (Å²) in [7, 11) is 3.73. The van der Waals surface area contributed by atoms with Crippen LogP contribution in [0.1, 0.15) is 31.4 Å². The van der Waals surface area contributed by atoms with Crippen LogP contribution in [0.4, 0.5) is 0 Å². The van der Waals surface area contributed by atoms with Crippen molar-refractivity contribution in [1.82, 2.24) is 19.4 Å². The molecule has 2 aliphatic rings. The molecule has 23 heavy (non-hydrogen) atoms. The first-order valence-corrected chi connectivity index (χ1v) is 8.60. The summed E-state index contributed by atoms with van der Waals surface area (Å²) in [6, 6.07) is 0. The average molecular weight is 320 g/mol. The van der Waals surface area contributed by atoms with E-state index in [1.54, 1.807) is 7.11 Å². The Hall–Kier alpha value is -1.40. The third-order valence-electron chi connectivity index (χ3n) is 5.50. The molecule has 1 spiro atoms. The standard InChI is InChI=1S/C17H28N4O2/c1-19-14-18-12-15(19)13-20-8-5-17(6-9-20)4-3-7-21(16(17)22)10-11-23-2/h12,14H,3-11,13H2,1-2H3. The second-order valence-corrected chi connectivity index (χ2v) is 6.94. The lowest BCUT2D eigenvalue weighted by molar-refractivity contribution is -0.150. The van der Waals surface area contributed by atoms with Gasteiger partial charge in [0.15, 0.2) is 0 Å². The van der Waals surface area contributed by atoms with E-state index >= 15 is 0 Å². The molecule has 3 rings (SSSR count). The number of imidazole rings is 1. The van der Waals surface area contributed by atoms with Crippen LogP contribution < -0.4 is 0 Å². The number of amides is 1. The smallest absolute Gasteiger partial charge is 0.228 e. The zero-order chi connectivity index (χ0) is 16.3. The van der Waals surface area contributed by atoms with Crippen molar-refractivity contribution in [2.45, 2.75) is 32.2 Å². The molecule has 2 saturated heterocycles. The Kier molecular flexibility index (Phi) is 5.02. The summed E-state index contributed by atoms with van der Waals surface area (Å²) >= 11 is 0. The van der Waals surface area contributed by atoms with Crippen LogP contribution in [0.2, 0.25) is 0 Å². The molecule has 0 aliphatic carbocycles. The fourth-order valence-electron chi connectivity index (χ4n) is 3.94. The summed E-state index contributed by atoms with van der Waals surface area (Å²) < 4.78 is 7.22. The number of carbonyl (C=O) groups excluding carboxylic acids is 1. The SMILES string of the molecule is COCCN1CCCC2(CCN(Cc3cncn3C)CC2)C1=O. The van der Waals surface area contributed by atoms with Crippen molar-refractivity contribution in [1.29, 1.82) is 0 Å². The molecule has 128 valence electrons. The third kappa shape index (κ3) is 3.43. The van der Waals surface area contributed by atoms with Crippen molar-refractivity contribution in [2.75, 3.05) is 39.9 Å². The van der Waals surface area contributed by atoms with Crippen molar-refractivity contribution < 1.29 is 9.53 Å². The van der Waals surface area contributed by atoms with E-state index in [1.165, 1.54) is 5.69 Å². The van der Waals surface area contributed by atoms with Gasteiger partial charge in [0.2, 0.25) is 5.91 Å². The van der Waals surface area contributed by atoms with E-state index in [-0.39, 0.29) is 5.41 Å². The zero-order valence-corrected chi connectivity index (χ0v) is 14.3. The summed E-state index contributed by atoms with van der Waals surface area (Å²) in [5, 5.41) is 0. The van der Waals surface area contributed by atoms with Crippen LogP contribution in [-0.2, 0) is 23.1 Å². The molecule has 0 unspecified atom stereocenters. The van der Waals surface area contributed by atoms with Gasteiger partial charge in [-0.25, -0.2) is 4.98 Å². The Balaban J connectivity index is 1.58. The second-order valence-electron chi connectivity index (χ2n) is 6.94. The molecule has 2 fully saturated rings. The van der Waals surface area contributed by atoms with Gasteiger partial charge < -0.3 is 14.2 Å². The van der Waals surface area contributed by atoms with E-state index in [0.29, 0.717) is 12.5 Å². The number of ether oxygens (including phenoxy) is 1. The van der Waals surface area contributed by atoms with E-state index < -0.39 is 0 Å². The van der Waals surface area contributed by atoms with E-state index in [9.17, 15) is 4.79 Å². The molecule has 2 aliphatic heterocycles. The van der Waals surface area contributed by atoms with Gasteiger partial charge in [0, 0.05) is 40.0 Å². The number of methoxy groups -OCH3 is 1. The normalized spacial score (nSPS) is 22.0. The first kappa shape index (κ1) is 16.5. The molecule has 0 saturated carbocycles. The summed E-state index contributed by atoms with van der Waals surface area (Å²) in [5.74, 6) is 0.362. The number of aromatic nitrogens is 2. The highest BCUT2D eigenvalue weighted by Gasteiger charge is 2.45. The first-order valence-electron chi connectivity index (χ1n) is 8.60. The molecule has 1 aromatic heterocycles. The van der Waals surface area contributed by atoms with Gasteiger partial charge in [-0.2, -0.15) is 0 Å². The predicted octanol–water partition coefficient (Wildman–Crippen LogP) is 1.27. The van der Waals surface area contributed by atoms with Gasteiger partial charge in [0.25, 0.3) is 0 Å². The van der Waals surface area contributed by atoms with E-state index in [1.807, 2.05) is 24.5 Å². The van der Waals surface area contributed by atoms with Crippen molar-refractivity contribution in [3.05, 3.63) is 18.2 Å². The minimum absolute atomic E-state index is 0.116. The number of nitrogens with zero attached hydrogens (tertiary/aromatic N) is 4. The minimum atomic E-state index is -0.116. The fraction of sp³-hybridized carbons (Fsp3) is 0.765. The molecule has 6 heteroatoms. The molecule has 1 amide bonds. The van der Waals surface area contributed by atoms with Crippen LogP contribution in [-0.4, -0.2) is 65.2 Å². The maximum atomic E-state index is 12.9. The summed E-state index contributed by atoms with van der Waals surface area (Å²) in [6.45, 7) is 5.17. The highest BCUT2D eigenvalue weighted by atomic mass is 16.5. The van der Waals surface area contributed by atoms with Crippen LogP contribution in [0.15, 0.2) is 12.5 Å². The molecule has 6 nitrogen and oxygen atoms in total. The average Bonchev–Trinajstić information content (AvgIpc) is 2.96. The molecule has 0 aromatic carbocycles. The molecule has 3 heterocycles. The molecule has 0 radical (unpaired) electrons. The Morgan fingerprint density at radius 3 is 2.70 bits per heavy atom. The van der Waals surface area contributed by atoms with E-state index in [0.717, 1.165) is 58.4 Å². The monoisotopic (exact) mass is 320 g/mol. The highest BCUT2D eigenvalue weighted by Crippen LogP contribution is 2.41. The number of hydrogen-bond donors (Lipinski definition) is 0. The van der Waals surface area contributed by atoms with Crippen LogP contribution in [0.5, 0.6) is 0 Å². The van der Waals surface area contributed by atoms with Crippen LogP contribution in [0.25, 0.3) is 0 Å². The Morgan fingerprint density at radius 1 is 1.26 bits per heavy atom. The minimum Gasteiger partial charge on any atom is -0.383 e. The Bertz CT molecular complexity index is 534. The fourth-order valence-corrected chi connectivity index (χ4v) is 3.94. The van der Waals surface area contributed by atoms with Crippen LogP contribution in [0.3, 0.4) is 0 Å². The number of piperidine rings is 2. The second kappa shape index (κ2) is 7.01. The number of likely N-dealkylation sites (tertiary alicyclic amines) is 2. The van der Waals surface area contributed by atoms with Crippen molar-refractivity contribution in [3.63, 3.8) is 0 Å². The topological polar surface area (TPSA) is 50.6 Å². The quantitative estimate of drug-likeness (QED) is 0.820. The largest absolute Gasteiger partial charge is 0.383 e. The van der Waals surface area contributed by atoms with Crippen LogP contribution in [0, 0.1) is 5.41 Å². The van der Waals surface area contributed by atoms with Gasteiger partial charge in [0.1, 0.15) is 0 Å². The summed E-state index contributed by atoms with van der Waals surface area (Å²) in [6.07, 6.45) is 7.91. The maximum Gasteiger partial charge on any atom is 0.228 e. The van der Waals surface area contributed by atoms with Crippen molar-refractivity contribution in [3.8, 4) is 0 Å². The summed E-state index contributed by atoms with van der Waals surface area (Å²) in [5.41, 5.74) is 1.12. The molecule has 0 bridgehead atoms. The lowest BCUT2D eigenvalue weighted by atomic mass is 9.71. The Labute approximate surface area is 138 Å². The lowest BCUT2D eigenvalue weighted by Crippen LogP contribution is -2.54. The molecule has 1 aromatic rings. The van der Waals surface area contributed by atoms with Crippen molar-refractivity contribution >= 4 is 5.91 Å². The molecular formula is C17H28N4O2. The summed E-state index contributed by atoms with van der Waals surface area (Å²) in [4.78, 5) is 21.6. The number of carbonyl (C=O) groups is 1. The van der Waals surface area contributed by atoms with Gasteiger partial charge in [-0.3, -0.25) is 9.69 Å². The van der Waals surface area contributed by atoms with Crippen molar-refractivity contribution in [2.24, 2.45) is 12.5 Å². The van der Waals surface area contributed by atoms with Crippen LogP contribution >= 0.6 is 0 Å². The Morgan fingerprint density at radius 2 is 2.04 bits per heavy atom. The molecular weight excluding hydrogens is 292 g/mol. The lowest BCUT2D eigenvalue weighted by Gasteiger charge is -2.46. The van der Waals surface area contributed by atoms with E-state index in [2.05, 4.69) is 14.5 Å². The highest BCUT2D eigenvalue weighted by molar-refractivity contribution is 5.83. The van der Waals surface area contributed by atoms with Gasteiger partial charge in [-0.05, 0) is 38.8 Å². The number of rotatable bonds is 5. The maximum absolute atomic E-state index is 12.9. The molecule has 0 atom stereocenters. The first-order chi connectivity index (χ1) is 11.1. The van der Waals surface area contributed by atoms with Gasteiger partial charge >= 0.3 is 0 Å². The van der Waals surface area contributed by atoms with E-state index in [4.69, 9.17) is 4.74 Å². The third-order valence-corrected chi connectivity index (χ3v) is 5.50. The molecule has 0 N–H and O–H groups in total. The zero-order valence-electron chi connectivity index (χ0n) is 14.3. The number of hydrogen-bond acceptors (Lipinski definition) is 4. The van der Waals surface area contributed by atoms with Gasteiger partial charge in [0.05, 0.1) is 24.0 Å². The van der Waals surface area contributed by atoms with Gasteiger partial charge in [-0.1, -0.05) is 0 Å². The predicted molar refractivity (Wildman–Crippen MR) is 87.8 cm³/mol. The van der Waals surface area contributed by atoms with Gasteiger partial charge in [-0.15, -0.1) is 0 Å².